The van der Waals surface area contributed by atoms with Crippen molar-refractivity contribution >= 4 is 38.7 Å². The Balaban J connectivity index is 2.15. The van der Waals surface area contributed by atoms with Gasteiger partial charge in [-0.3, -0.25) is 14.9 Å². The zero-order valence-corrected chi connectivity index (χ0v) is 21.2. The Kier molecular flexibility index (Phi) is 8.38. The standard InChI is InChI=1S/C24H27BrN4O5/c1-5-7-8-22-27-19-10-9-17(25)13-18(19)24(30)28(22)26-14-16-11-20(29(31)32)23(34-15(3)4)21(12-16)33-6-2/h9-15H,5-8H2,1-4H3. The van der Waals surface area contributed by atoms with Gasteiger partial charge in [-0.2, -0.15) is 9.78 Å². The highest BCUT2D eigenvalue weighted by Crippen LogP contribution is 2.39. The molecular weight excluding hydrogens is 504 g/mol. The summed E-state index contributed by atoms with van der Waals surface area (Å²) in [5.74, 6) is 0.834. The van der Waals surface area contributed by atoms with Crippen LogP contribution in [-0.4, -0.2) is 33.5 Å². The van der Waals surface area contributed by atoms with Crippen LogP contribution in [0, 0.1) is 10.1 Å². The van der Waals surface area contributed by atoms with E-state index in [-0.39, 0.29) is 28.8 Å². The second-order valence-corrected chi connectivity index (χ2v) is 8.79. The average molecular weight is 531 g/mol. The number of ether oxygens (including phenoxy) is 2. The molecule has 0 amide bonds. The van der Waals surface area contributed by atoms with Crippen LogP contribution in [0.15, 0.2) is 44.7 Å². The summed E-state index contributed by atoms with van der Waals surface area (Å²) in [6.07, 6.45) is 3.46. The van der Waals surface area contributed by atoms with E-state index in [0.717, 1.165) is 17.3 Å². The van der Waals surface area contributed by atoms with E-state index in [9.17, 15) is 14.9 Å². The molecule has 180 valence electrons. The van der Waals surface area contributed by atoms with E-state index in [1.54, 1.807) is 39.0 Å². The van der Waals surface area contributed by atoms with E-state index in [4.69, 9.17) is 9.47 Å². The van der Waals surface area contributed by atoms with Crippen molar-refractivity contribution in [3.8, 4) is 11.5 Å². The maximum absolute atomic E-state index is 13.2. The first-order valence-electron chi connectivity index (χ1n) is 11.1. The van der Waals surface area contributed by atoms with Gasteiger partial charge in [0.15, 0.2) is 5.75 Å². The fourth-order valence-corrected chi connectivity index (χ4v) is 3.73. The van der Waals surface area contributed by atoms with Crippen molar-refractivity contribution in [2.45, 2.75) is 53.1 Å². The first-order valence-corrected chi connectivity index (χ1v) is 11.9. The quantitative estimate of drug-likeness (QED) is 0.195. The lowest BCUT2D eigenvalue weighted by Gasteiger charge is -2.15. The Labute approximate surface area is 205 Å². The van der Waals surface area contributed by atoms with Crippen molar-refractivity contribution < 1.29 is 14.4 Å². The summed E-state index contributed by atoms with van der Waals surface area (Å²) in [5.41, 5.74) is 0.442. The molecule has 0 aliphatic heterocycles. The summed E-state index contributed by atoms with van der Waals surface area (Å²) in [6.45, 7) is 7.70. The lowest BCUT2D eigenvalue weighted by atomic mass is 10.1. The minimum Gasteiger partial charge on any atom is -0.490 e. The van der Waals surface area contributed by atoms with Crippen LogP contribution in [0.2, 0.25) is 0 Å². The number of benzene rings is 2. The predicted octanol–water partition coefficient (Wildman–Crippen LogP) is 5.48. The third kappa shape index (κ3) is 5.80. The Morgan fingerprint density at radius 1 is 1.26 bits per heavy atom. The van der Waals surface area contributed by atoms with Crippen molar-refractivity contribution in [3.05, 3.63) is 66.7 Å². The maximum atomic E-state index is 13.2. The molecule has 0 fully saturated rings. The minimum absolute atomic E-state index is 0.0667. The molecule has 0 radical (unpaired) electrons. The van der Waals surface area contributed by atoms with Crippen LogP contribution in [0.1, 0.15) is 51.9 Å². The lowest BCUT2D eigenvalue weighted by Crippen LogP contribution is -2.22. The minimum atomic E-state index is -0.522. The molecule has 2 aromatic carbocycles. The highest BCUT2D eigenvalue weighted by Gasteiger charge is 2.23. The van der Waals surface area contributed by atoms with Gasteiger partial charge in [-0.1, -0.05) is 29.3 Å². The normalized spacial score (nSPS) is 11.5. The number of unbranched alkanes of at least 4 members (excludes halogenated alkanes) is 1. The number of hydrogen-bond donors (Lipinski definition) is 0. The fourth-order valence-electron chi connectivity index (χ4n) is 3.37. The Morgan fingerprint density at radius 3 is 2.68 bits per heavy atom. The number of aromatic nitrogens is 2. The molecule has 34 heavy (non-hydrogen) atoms. The molecule has 0 saturated carbocycles. The molecule has 0 spiro atoms. The van der Waals surface area contributed by atoms with Crippen LogP contribution in [0.4, 0.5) is 5.69 Å². The molecule has 10 heteroatoms. The maximum Gasteiger partial charge on any atom is 0.315 e. The van der Waals surface area contributed by atoms with Crippen LogP contribution < -0.4 is 15.0 Å². The van der Waals surface area contributed by atoms with Gasteiger partial charge in [0.1, 0.15) is 5.82 Å². The Hall–Kier alpha value is -3.27. The molecule has 0 bridgehead atoms. The molecule has 3 rings (SSSR count). The van der Waals surface area contributed by atoms with Crippen molar-refractivity contribution in [1.29, 1.82) is 0 Å². The Bertz CT molecular complexity index is 1290. The molecular formula is C24H27BrN4O5. The van der Waals surface area contributed by atoms with Crippen molar-refractivity contribution in [2.24, 2.45) is 5.10 Å². The third-order valence-electron chi connectivity index (χ3n) is 4.86. The van der Waals surface area contributed by atoms with Crippen LogP contribution >= 0.6 is 15.9 Å². The zero-order chi connectivity index (χ0) is 24.8. The second kappa shape index (κ2) is 11.2. The summed E-state index contributed by atoms with van der Waals surface area (Å²) < 4.78 is 13.3. The van der Waals surface area contributed by atoms with Gasteiger partial charge in [-0.25, -0.2) is 4.98 Å². The number of hydrogen-bond acceptors (Lipinski definition) is 7. The fraction of sp³-hybridized carbons (Fsp3) is 0.375. The molecule has 0 aliphatic rings. The van der Waals surface area contributed by atoms with Gasteiger partial charge in [0.2, 0.25) is 5.75 Å². The number of nitro groups is 1. The summed E-state index contributed by atoms with van der Waals surface area (Å²) in [6, 6.07) is 8.29. The second-order valence-electron chi connectivity index (χ2n) is 7.88. The van der Waals surface area contributed by atoms with Gasteiger partial charge in [0.25, 0.3) is 5.56 Å². The predicted molar refractivity (Wildman–Crippen MR) is 135 cm³/mol. The third-order valence-corrected chi connectivity index (χ3v) is 5.35. The van der Waals surface area contributed by atoms with Gasteiger partial charge in [-0.05, 0) is 51.5 Å². The molecule has 0 unspecified atom stereocenters. The van der Waals surface area contributed by atoms with Crippen molar-refractivity contribution in [1.82, 2.24) is 9.66 Å². The van der Waals surface area contributed by atoms with Gasteiger partial charge in [-0.15, -0.1) is 0 Å². The number of nitrogens with zero attached hydrogens (tertiary/aromatic N) is 4. The van der Waals surface area contributed by atoms with E-state index in [1.165, 1.54) is 17.0 Å². The van der Waals surface area contributed by atoms with E-state index >= 15 is 0 Å². The summed E-state index contributed by atoms with van der Waals surface area (Å²) in [7, 11) is 0. The highest BCUT2D eigenvalue weighted by atomic mass is 79.9. The van der Waals surface area contributed by atoms with E-state index < -0.39 is 4.92 Å². The molecule has 0 atom stereocenters. The number of nitro benzene ring substituents is 1. The van der Waals surface area contributed by atoms with Crippen molar-refractivity contribution in [2.75, 3.05) is 6.61 Å². The molecule has 0 saturated heterocycles. The molecule has 1 heterocycles. The van der Waals surface area contributed by atoms with Crippen LogP contribution in [-0.2, 0) is 6.42 Å². The topological polar surface area (TPSA) is 109 Å². The zero-order valence-electron chi connectivity index (χ0n) is 19.6. The molecule has 0 N–H and O–H groups in total. The van der Waals surface area contributed by atoms with Crippen LogP contribution in [0.25, 0.3) is 10.9 Å². The largest absolute Gasteiger partial charge is 0.490 e. The summed E-state index contributed by atoms with van der Waals surface area (Å²) in [5, 5.41) is 16.6. The average Bonchev–Trinajstić information content (AvgIpc) is 2.78. The van der Waals surface area contributed by atoms with Gasteiger partial charge in [0, 0.05) is 22.5 Å². The van der Waals surface area contributed by atoms with Crippen LogP contribution in [0.5, 0.6) is 11.5 Å². The number of fused-ring (bicyclic) bond motifs is 1. The SMILES string of the molecule is CCCCc1nc2ccc(Br)cc2c(=O)n1N=Cc1cc(OCC)c(OC(C)C)c([N+](=O)[O-])c1. The van der Waals surface area contributed by atoms with Gasteiger partial charge < -0.3 is 9.47 Å². The van der Waals surface area contributed by atoms with E-state index in [2.05, 4.69) is 32.9 Å². The smallest absolute Gasteiger partial charge is 0.315 e. The van der Waals surface area contributed by atoms with Crippen molar-refractivity contribution in [3.63, 3.8) is 0 Å². The first kappa shape index (κ1) is 25.4. The van der Waals surface area contributed by atoms with Gasteiger partial charge >= 0.3 is 5.69 Å². The molecule has 1 aromatic heterocycles. The molecule has 9 nitrogen and oxygen atoms in total. The molecule has 0 aliphatic carbocycles. The van der Waals surface area contributed by atoms with E-state index in [0.29, 0.717) is 35.3 Å². The van der Waals surface area contributed by atoms with Crippen LogP contribution in [0.3, 0.4) is 0 Å². The number of aryl methyl sites for hydroxylation is 1. The summed E-state index contributed by atoms with van der Waals surface area (Å²) >= 11 is 3.39. The lowest BCUT2D eigenvalue weighted by molar-refractivity contribution is -0.386. The number of halogens is 1. The van der Waals surface area contributed by atoms with E-state index in [1.807, 2.05) is 6.07 Å². The highest BCUT2D eigenvalue weighted by molar-refractivity contribution is 9.10. The van der Waals surface area contributed by atoms with Gasteiger partial charge in [0.05, 0.1) is 34.8 Å². The summed E-state index contributed by atoms with van der Waals surface area (Å²) in [4.78, 5) is 29.1. The number of rotatable bonds is 10. The first-order chi connectivity index (χ1) is 16.2. The molecule has 3 aromatic rings. The Morgan fingerprint density at radius 2 is 2.03 bits per heavy atom. The monoisotopic (exact) mass is 530 g/mol.